The van der Waals surface area contributed by atoms with Crippen LogP contribution in [0.5, 0.6) is 5.75 Å². The Morgan fingerprint density at radius 3 is 2.52 bits per heavy atom. The van der Waals surface area contributed by atoms with Crippen LogP contribution in [-0.2, 0) is 0 Å². The minimum Gasteiger partial charge on any atom is -0.496 e. The first kappa shape index (κ1) is 21.3. The Morgan fingerprint density at radius 1 is 1.00 bits per heavy atom. The molecule has 2 aromatic carbocycles. The second-order valence-electron chi connectivity index (χ2n) is 8.34. The Bertz CT molecular complexity index is 995. The van der Waals surface area contributed by atoms with Gasteiger partial charge in [-0.25, -0.2) is 8.78 Å². The highest BCUT2D eigenvalue weighted by atomic mass is 19.2. The van der Waals surface area contributed by atoms with Gasteiger partial charge in [-0.15, -0.1) is 0 Å². The van der Waals surface area contributed by atoms with Gasteiger partial charge in [-0.2, -0.15) is 0 Å². The number of ether oxygens (including phenoxy) is 1. The molecule has 0 unspecified atom stereocenters. The molecule has 31 heavy (non-hydrogen) atoms. The summed E-state index contributed by atoms with van der Waals surface area (Å²) in [4.78, 5) is 27.4. The van der Waals surface area contributed by atoms with Crippen LogP contribution in [0.4, 0.5) is 14.5 Å². The number of carbonyl (C=O) groups is 2. The van der Waals surface area contributed by atoms with Crippen molar-refractivity contribution in [2.45, 2.75) is 32.1 Å². The number of fused-ring (bicyclic) bond motifs is 1. The third-order valence-corrected chi connectivity index (χ3v) is 6.45. The molecule has 5 nitrogen and oxygen atoms in total. The number of nitrogens with one attached hydrogen (secondary N) is 1. The second kappa shape index (κ2) is 9.04. The van der Waals surface area contributed by atoms with Crippen molar-refractivity contribution in [3.8, 4) is 5.75 Å². The van der Waals surface area contributed by atoms with Crippen LogP contribution in [0.2, 0.25) is 0 Å². The van der Waals surface area contributed by atoms with Crippen LogP contribution in [0.1, 0.15) is 52.8 Å². The molecule has 1 saturated carbocycles. The number of hydrogen-bond acceptors (Lipinski definition) is 3. The van der Waals surface area contributed by atoms with Crippen LogP contribution < -0.4 is 10.1 Å². The normalized spacial score (nSPS) is 20.7. The van der Waals surface area contributed by atoms with Crippen molar-refractivity contribution in [3.63, 3.8) is 0 Å². The number of piperidine rings is 1. The van der Waals surface area contributed by atoms with Gasteiger partial charge >= 0.3 is 0 Å². The van der Waals surface area contributed by atoms with E-state index in [-0.39, 0.29) is 11.5 Å². The number of amides is 2. The molecule has 1 heterocycles. The highest BCUT2D eigenvalue weighted by Crippen LogP contribution is 2.37. The van der Waals surface area contributed by atoms with Gasteiger partial charge < -0.3 is 15.0 Å². The monoisotopic (exact) mass is 428 g/mol. The van der Waals surface area contributed by atoms with E-state index in [1.54, 1.807) is 18.2 Å². The van der Waals surface area contributed by atoms with Crippen LogP contribution in [0.3, 0.4) is 0 Å². The highest BCUT2D eigenvalue weighted by molar-refractivity contribution is 6.05. The van der Waals surface area contributed by atoms with E-state index < -0.39 is 17.5 Å². The number of hydrogen-bond donors (Lipinski definition) is 1. The number of rotatable bonds is 4. The molecule has 7 heteroatoms. The van der Waals surface area contributed by atoms with Crippen LogP contribution in [0.15, 0.2) is 36.4 Å². The lowest BCUT2D eigenvalue weighted by molar-refractivity contribution is 0.0518. The number of nitrogens with zero attached hydrogens (tertiary/aromatic N) is 1. The summed E-state index contributed by atoms with van der Waals surface area (Å²) in [7, 11) is 1.47. The first-order chi connectivity index (χ1) is 15.0. The fourth-order valence-corrected chi connectivity index (χ4v) is 4.74. The van der Waals surface area contributed by atoms with Gasteiger partial charge in [-0.3, -0.25) is 9.59 Å². The van der Waals surface area contributed by atoms with Crippen molar-refractivity contribution < 1.29 is 23.1 Å². The lowest BCUT2D eigenvalue weighted by Crippen LogP contribution is -2.44. The molecule has 2 fully saturated rings. The Morgan fingerprint density at radius 2 is 1.77 bits per heavy atom. The predicted molar refractivity (Wildman–Crippen MR) is 113 cm³/mol. The molecule has 4 rings (SSSR count). The molecule has 0 spiro atoms. The van der Waals surface area contributed by atoms with Crippen molar-refractivity contribution in [1.29, 1.82) is 0 Å². The van der Waals surface area contributed by atoms with E-state index >= 15 is 0 Å². The Hall–Kier alpha value is -2.96. The summed E-state index contributed by atoms with van der Waals surface area (Å²) in [6.07, 6.45) is 6.02. The molecule has 2 aromatic rings. The van der Waals surface area contributed by atoms with E-state index in [9.17, 15) is 18.4 Å². The van der Waals surface area contributed by atoms with E-state index in [0.717, 1.165) is 37.6 Å². The van der Waals surface area contributed by atoms with Crippen molar-refractivity contribution in [2.24, 2.45) is 11.8 Å². The molecule has 2 atom stereocenters. The molecule has 0 aromatic heterocycles. The molecule has 1 aliphatic carbocycles. The predicted octanol–water partition coefficient (Wildman–Crippen LogP) is 4.88. The Labute approximate surface area is 180 Å². The quantitative estimate of drug-likeness (QED) is 0.755. The molecule has 2 aliphatic rings. The summed E-state index contributed by atoms with van der Waals surface area (Å²) in [6, 6.07) is 7.77. The number of methoxy groups -OCH3 is 1. The lowest BCUT2D eigenvalue weighted by Gasteiger charge is -2.41. The van der Waals surface area contributed by atoms with Crippen molar-refractivity contribution in [2.75, 3.05) is 25.5 Å². The van der Waals surface area contributed by atoms with E-state index in [0.29, 0.717) is 22.9 Å². The van der Waals surface area contributed by atoms with E-state index in [1.165, 1.54) is 38.9 Å². The minimum absolute atomic E-state index is 0.00614. The Balaban J connectivity index is 1.48. The highest BCUT2D eigenvalue weighted by Gasteiger charge is 2.33. The Kier molecular flexibility index (Phi) is 6.20. The summed E-state index contributed by atoms with van der Waals surface area (Å²) in [5, 5.41) is 2.63. The lowest BCUT2D eigenvalue weighted by atomic mass is 9.75. The molecule has 1 saturated heterocycles. The molecular weight excluding hydrogens is 402 g/mol. The van der Waals surface area contributed by atoms with Gasteiger partial charge in [0.15, 0.2) is 11.6 Å². The fraction of sp³-hybridized carbons (Fsp3) is 0.417. The first-order valence-electron chi connectivity index (χ1n) is 10.7. The third-order valence-electron chi connectivity index (χ3n) is 6.45. The second-order valence-corrected chi connectivity index (χ2v) is 8.34. The van der Waals surface area contributed by atoms with Crippen LogP contribution >= 0.6 is 0 Å². The third kappa shape index (κ3) is 4.55. The van der Waals surface area contributed by atoms with Gasteiger partial charge in [0, 0.05) is 30.4 Å². The van der Waals surface area contributed by atoms with Crippen LogP contribution in [-0.4, -0.2) is 36.9 Å². The summed E-state index contributed by atoms with van der Waals surface area (Å²) in [6.45, 7) is 1.53. The van der Waals surface area contributed by atoms with Crippen molar-refractivity contribution in [1.82, 2.24) is 4.90 Å². The van der Waals surface area contributed by atoms with Crippen molar-refractivity contribution in [3.05, 3.63) is 59.2 Å². The molecule has 164 valence electrons. The van der Waals surface area contributed by atoms with E-state index in [4.69, 9.17) is 4.74 Å². The first-order valence-corrected chi connectivity index (χ1v) is 10.7. The number of carbonyl (C=O) groups excluding carboxylic acids is 2. The zero-order valence-electron chi connectivity index (χ0n) is 17.5. The average molecular weight is 428 g/mol. The largest absolute Gasteiger partial charge is 0.496 e. The summed E-state index contributed by atoms with van der Waals surface area (Å²) in [5.74, 6) is -1.09. The molecule has 0 bridgehead atoms. The minimum atomic E-state index is -1.09. The number of benzene rings is 2. The number of halogens is 2. The standard InChI is InChI=1S/C24H26F2N2O3/c1-31-22-13-18(27-23(29)16-6-9-20(25)21(26)12-16)7-8-19(22)24(30)28-11-10-15-4-2-3-5-17(15)14-28/h6-9,12-13,15,17H,2-5,10-11,14H2,1H3,(H,27,29)/t15-,17+/m1/s1. The summed E-state index contributed by atoms with van der Waals surface area (Å²) >= 11 is 0. The van der Waals surface area contributed by atoms with Crippen LogP contribution in [0.25, 0.3) is 0 Å². The summed E-state index contributed by atoms with van der Waals surface area (Å²) in [5.41, 5.74) is 0.838. The molecule has 2 amide bonds. The van der Waals surface area contributed by atoms with E-state index in [1.807, 2.05) is 4.90 Å². The number of likely N-dealkylation sites (tertiary alicyclic amines) is 1. The fourth-order valence-electron chi connectivity index (χ4n) is 4.74. The van der Waals surface area contributed by atoms with Crippen LogP contribution in [0, 0.1) is 23.5 Å². The summed E-state index contributed by atoms with van der Waals surface area (Å²) < 4.78 is 31.9. The topological polar surface area (TPSA) is 58.6 Å². The zero-order valence-corrected chi connectivity index (χ0v) is 17.5. The molecule has 1 aliphatic heterocycles. The van der Waals surface area contributed by atoms with Gasteiger partial charge in [0.2, 0.25) is 0 Å². The maximum atomic E-state index is 13.4. The van der Waals surface area contributed by atoms with Gasteiger partial charge in [0.25, 0.3) is 11.8 Å². The van der Waals surface area contributed by atoms with Gasteiger partial charge in [0.1, 0.15) is 5.75 Å². The maximum absolute atomic E-state index is 13.4. The molecular formula is C24H26F2N2O3. The SMILES string of the molecule is COc1cc(NC(=O)c2ccc(F)c(F)c2)ccc1C(=O)N1CC[C@H]2CCCC[C@H]2C1. The smallest absolute Gasteiger partial charge is 0.257 e. The zero-order chi connectivity index (χ0) is 22.0. The average Bonchev–Trinajstić information content (AvgIpc) is 2.80. The number of anilines is 1. The van der Waals surface area contributed by atoms with Crippen molar-refractivity contribution >= 4 is 17.5 Å². The van der Waals surface area contributed by atoms with Gasteiger partial charge in [-0.1, -0.05) is 19.3 Å². The molecule has 1 N–H and O–H groups in total. The van der Waals surface area contributed by atoms with E-state index in [2.05, 4.69) is 5.32 Å². The molecule has 0 radical (unpaired) electrons. The maximum Gasteiger partial charge on any atom is 0.257 e. The van der Waals surface area contributed by atoms with Gasteiger partial charge in [0.05, 0.1) is 12.7 Å². The van der Waals surface area contributed by atoms with Gasteiger partial charge in [-0.05, 0) is 55.0 Å².